The number of hydrogen-bond donors (Lipinski definition) is 3. The lowest BCUT2D eigenvalue weighted by Crippen LogP contribution is -2.26. The molecule has 1 aromatic heterocycles. The second kappa shape index (κ2) is 7.20. The van der Waals surface area contributed by atoms with E-state index in [9.17, 15) is 4.79 Å². The molecule has 0 bridgehead atoms. The summed E-state index contributed by atoms with van der Waals surface area (Å²) in [7, 11) is 1.63. The molecule has 0 saturated carbocycles. The lowest BCUT2D eigenvalue weighted by atomic mass is 10.1. The van der Waals surface area contributed by atoms with Crippen LogP contribution in [0.2, 0.25) is 0 Å². The highest BCUT2D eigenvalue weighted by atomic mass is 16.5. The zero-order valence-electron chi connectivity index (χ0n) is 11.7. The summed E-state index contributed by atoms with van der Waals surface area (Å²) in [6.45, 7) is 0.518. The van der Waals surface area contributed by atoms with Crippen molar-refractivity contribution in [3.63, 3.8) is 0 Å². The van der Waals surface area contributed by atoms with Gasteiger partial charge in [0.25, 0.3) is 5.91 Å². The van der Waals surface area contributed by atoms with E-state index < -0.39 is 0 Å². The SMILES string of the molecule is COc1ccc(CCNC(=O)c2cnc(NN)cn2)cc1. The molecule has 0 saturated heterocycles. The lowest BCUT2D eigenvalue weighted by molar-refractivity contribution is 0.0949. The number of nitrogens with zero attached hydrogens (tertiary/aromatic N) is 2. The molecule has 21 heavy (non-hydrogen) atoms. The highest BCUT2D eigenvalue weighted by Gasteiger charge is 2.07. The minimum atomic E-state index is -0.264. The largest absolute Gasteiger partial charge is 0.497 e. The van der Waals surface area contributed by atoms with Crippen LogP contribution in [-0.4, -0.2) is 29.5 Å². The molecule has 0 aliphatic heterocycles. The summed E-state index contributed by atoms with van der Waals surface area (Å²) in [5.41, 5.74) is 3.72. The van der Waals surface area contributed by atoms with Crippen LogP contribution < -0.4 is 21.3 Å². The first kappa shape index (κ1) is 14.7. The second-order valence-corrected chi connectivity index (χ2v) is 4.29. The number of amides is 1. The number of carbonyl (C=O) groups is 1. The van der Waals surface area contributed by atoms with E-state index in [4.69, 9.17) is 10.6 Å². The second-order valence-electron chi connectivity index (χ2n) is 4.29. The normalized spacial score (nSPS) is 10.0. The maximum Gasteiger partial charge on any atom is 0.271 e. The number of nitrogen functional groups attached to an aromatic ring is 1. The van der Waals surface area contributed by atoms with Gasteiger partial charge in [-0.05, 0) is 24.1 Å². The number of ether oxygens (including phenoxy) is 1. The zero-order valence-corrected chi connectivity index (χ0v) is 11.7. The van der Waals surface area contributed by atoms with Crippen LogP contribution in [0.25, 0.3) is 0 Å². The van der Waals surface area contributed by atoms with Crippen LogP contribution >= 0.6 is 0 Å². The van der Waals surface area contributed by atoms with Crippen LogP contribution in [0, 0.1) is 0 Å². The Kier molecular flexibility index (Phi) is 5.05. The molecule has 0 radical (unpaired) electrons. The summed E-state index contributed by atoms with van der Waals surface area (Å²) in [4.78, 5) is 19.7. The predicted molar refractivity (Wildman–Crippen MR) is 78.9 cm³/mol. The molecule has 0 aliphatic rings. The van der Waals surface area contributed by atoms with Gasteiger partial charge in [-0.1, -0.05) is 12.1 Å². The van der Waals surface area contributed by atoms with Gasteiger partial charge in [0, 0.05) is 6.54 Å². The van der Waals surface area contributed by atoms with E-state index in [1.165, 1.54) is 12.4 Å². The van der Waals surface area contributed by atoms with Crippen molar-refractivity contribution in [3.8, 4) is 5.75 Å². The third-order valence-corrected chi connectivity index (χ3v) is 2.89. The summed E-state index contributed by atoms with van der Waals surface area (Å²) in [6.07, 6.45) is 3.50. The molecule has 0 atom stereocenters. The number of hydrogen-bond acceptors (Lipinski definition) is 6. The fourth-order valence-corrected chi connectivity index (χ4v) is 1.72. The molecule has 1 aromatic carbocycles. The Morgan fingerprint density at radius 2 is 2.00 bits per heavy atom. The summed E-state index contributed by atoms with van der Waals surface area (Å²) < 4.78 is 5.09. The Bertz CT molecular complexity index is 583. The summed E-state index contributed by atoms with van der Waals surface area (Å²) in [6, 6.07) is 7.71. The van der Waals surface area contributed by atoms with Crippen LogP contribution in [-0.2, 0) is 6.42 Å². The standard InChI is InChI=1S/C14H17N5O2/c1-21-11-4-2-10(3-5-11)6-7-16-14(20)12-8-18-13(19-15)9-17-12/h2-5,8-9H,6-7,15H2,1H3,(H,16,20)(H,18,19). The van der Waals surface area contributed by atoms with Gasteiger partial charge in [0.1, 0.15) is 11.4 Å². The highest BCUT2D eigenvalue weighted by Crippen LogP contribution is 2.11. The quantitative estimate of drug-likeness (QED) is 0.535. The Balaban J connectivity index is 1.82. The molecule has 7 heteroatoms. The maximum absolute atomic E-state index is 11.8. The van der Waals surface area contributed by atoms with E-state index in [1.807, 2.05) is 24.3 Å². The first-order chi connectivity index (χ1) is 10.2. The first-order valence-electron chi connectivity index (χ1n) is 6.42. The number of nitrogens with two attached hydrogens (primary N) is 1. The topological polar surface area (TPSA) is 102 Å². The van der Waals surface area contributed by atoms with E-state index in [0.717, 1.165) is 17.7 Å². The van der Waals surface area contributed by atoms with Crippen LogP contribution in [0.15, 0.2) is 36.7 Å². The summed E-state index contributed by atoms with van der Waals surface area (Å²) in [5, 5.41) is 2.79. The fraction of sp³-hybridized carbons (Fsp3) is 0.214. The van der Waals surface area contributed by atoms with Crippen molar-refractivity contribution in [1.29, 1.82) is 0 Å². The number of anilines is 1. The van der Waals surface area contributed by atoms with Crippen molar-refractivity contribution in [2.24, 2.45) is 5.84 Å². The molecule has 0 aliphatic carbocycles. The predicted octanol–water partition coefficient (Wildman–Crippen LogP) is 0.743. The van der Waals surface area contributed by atoms with E-state index in [1.54, 1.807) is 7.11 Å². The van der Waals surface area contributed by atoms with Gasteiger partial charge in [0.2, 0.25) is 0 Å². The number of nitrogens with one attached hydrogen (secondary N) is 2. The molecule has 0 unspecified atom stereocenters. The number of methoxy groups -OCH3 is 1. The average molecular weight is 287 g/mol. The molecule has 0 spiro atoms. The van der Waals surface area contributed by atoms with Crippen molar-refractivity contribution in [1.82, 2.24) is 15.3 Å². The molecule has 1 heterocycles. The first-order valence-corrected chi connectivity index (χ1v) is 6.42. The Labute approximate surface area is 122 Å². The lowest BCUT2D eigenvalue weighted by Gasteiger charge is -2.06. The van der Waals surface area contributed by atoms with Crippen LogP contribution in [0.3, 0.4) is 0 Å². The molecule has 110 valence electrons. The van der Waals surface area contributed by atoms with Crippen molar-refractivity contribution < 1.29 is 9.53 Å². The molecule has 4 N–H and O–H groups in total. The molecule has 0 fully saturated rings. The average Bonchev–Trinajstić information content (AvgIpc) is 2.55. The fourth-order valence-electron chi connectivity index (χ4n) is 1.72. The molecule has 1 amide bonds. The van der Waals surface area contributed by atoms with Gasteiger partial charge in [-0.3, -0.25) is 4.79 Å². The molecular formula is C14H17N5O2. The minimum absolute atomic E-state index is 0.253. The van der Waals surface area contributed by atoms with E-state index in [2.05, 4.69) is 20.7 Å². The summed E-state index contributed by atoms with van der Waals surface area (Å²) in [5.74, 6) is 6.13. The number of carbonyl (C=O) groups excluding carboxylic acids is 1. The molecule has 2 aromatic rings. The van der Waals surface area contributed by atoms with Crippen molar-refractivity contribution in [2.75, 3.05) is 19.1 Å². The van der Waals surface area contributed by atoms with Crippen LogP contribution in [0.4, 0.5) is 5.82 Å². The minimum Gasteiger partial charge on any atom is -0.497 e. The third-order valence-electron chi connectivity index (χ3n) is 2.89. The van der Waals surface area contributed by atoms with Gasteiger partial charge < -0.3 is 15.5 Å². The highest BCUT2D eigenvalue weighted by molar-refractivity contribution is 5.91. The van der Waals surface area contributed by atoms with Crippen LogP contribution in [0.5, 0.6) is 5.75 Å². The van der Waals surface area contributed by atoms with Crippen LogP contribution in [0.1, 0.15) is 16.1 Å². The van der Waals surface area contributed by atoms with Crippen molar-refractivity contribution in [3.05, 3.63) is 47.9 Å². The third kappa shape index (κ3) is 4.15. The van der Waals surface area contributed by atoms with Gasteiger partial charge in [-0.15, -0.1) is 0 Å². The summed E-state index contributed by atoms with van der Waals surface area (Å²) >= 11 is 0. The zero-order chi connectivity index (χ0) is 15.1. The van der Waals surface area contributed by atoms with E-state index >= 15 is 0 Å². The Morgan fingerprint density at radius 1 is 1.24 bits per heavy atom. The molecule has 7 nitrogen and oxygen atoms in total. The number of rotatable bonds is 6. The van der Waals surface area contributed by atoms with Gasteiger partial charge in [0.15, 0.2) is 5.82 Å². The smallest absolute Gasteiger partial charge is 0.271 e. The van der Waals surface area contributed by atoms with Gasteiger partial charge in [0.05, 0.1) is 19.5 Å². The molecular weight excluding hydrogens is 270 g/mol. The van der Waals surface area contributed by atoms with Gasteiger partial charge >= 0.3 is 0 Å². The van der Waals surface area contributed by atoms with Crippen molar-refractivity contribution in [2.45, 2.75) is 6.42 Å². The van der Waals surface area contributed by atoms with Gasteiger partial charge in [-0.2, -0.15) is 0 Å². The number of aromatic nitrogens is 2. The number of hydrazine groups is 1. The Hall–Kier alpha value is -2.67. The maximum atomic E-state index is 11.8. The molecule has 2 rings (SSSR count). The number of benzene rings is 1. The van der Waals surface area contributed by atoms with Gasteiger partial charge in [-0.25, -0.2) is 15.8 Å². The van der Waals surface area contributed by atoms with E-state index in [-0.39, 0.29) is 11.6 Å². The Morgan fingerprint density at radius 3 is 2.57 bits per heavy atom. The monoisotopic (exact) mass is 287 g/mol. The van der Waals surface area contributed by atoms with Crippen molar-refractivity contribution >= 4 is 11.7 Å². The van der Waals surface area contributed by atoms with E-state index in [0.29, 0.717) is 12.4 Å².